The van der Waals surface area contributed by atoms with Gasteiger partial charge in [0, 0.05) is 18.3 Å². The Labute approximate surface area is 102 Å². The molecule has 88 valence electrons. The van der Waals surface area contributed by atoms with Gasteiger partial charge in [0.05, 0.1) is 10.7 Å². The lowest BCUT2D eigenvalue weighted by Gasteiger charge is -2.20. The molecule has 1 aliphatic heterocycles. The van der Waals surface area contributed by atoms with E-state index in [4.69, 9.17) is 17.3 Å². The molecule has 0 aliphatic carbocycles. The first kappa shape index (κ1) is 11.6. The Morgan fingerprint density at radius 3 is 3.00 bits per heavy atom. The van der Waals surface area contributed by atoms with Crippen LogP contribution in [-0.4, -0.2) is 31.1 Å². The van der Waals surface area contributed by atoms with Gasteiger partial charge in [0.15, 0.2) is 0 Å². The molecule has 1 heterocycles. The van der Waals surface area contributed by atoms with Crippen LogP contribution in [0.15, 0.2) is 18.2 Å². The van der Waals surface area contributed by atoms with Crippen molar-refractivity contribution in [2.75, 3.05) is 31.2 Å². The highest BCUT2D eigenvalue weighted by atomic mass is 35.5. The molecule has 0 bridgehead atoms. The molecule has 1 aromatic rings. The predicted octanol–water partition coefficient (Wildman–Crippen LogP) is 2.43. The minimum absolute atomic E-state index is 0.619. The molecule has 3 nitrogen and oxygen atoms in total. The highest BCUT2D eigenvalue weighted by Gasteiger charge is 2.20. The standard InChI is InChI=1S/C12H18ClN3/c1-16-6-2-3-10(16)8-15-12-5-4-9(14)7-11(12)13/h4-5,7,10,15H,2-3,6,8,14H2,1H3. The Hall–Kier alpha value is -0.930. The van der Waals surface area contributed by atoms with Crippen molar-refractivity contribution in [3.8, 4) is 0 Å². The third-order valence-electron chi connectivity index (χ3n) is 3.19. The average molecular weight is 240 g/mol. The molecule has 1 saturated heterocycles. The van der Waals surface area contributed by atoms with Crippen molar-refractivity contribution in [2.45, 2.75) is 18.9 Å². The summed E-state index contributed by atoms with van der Waals surface area (Å²) < 4.78 is 0. The van der Waals surface area contributed by atoms with Crippen LogP contribution in [0.1, 0.15) is 12.8 Å². The number of rotatable bonds is 3. The fourth-order valence-electron chi connectivity index (χ4n) is 2.14. The van der Waals surface area contributed by atoms with Crippen molar-refractivity contribution in [1.29, 1.82) is 0 Å². The average Bonchev–Trinajstić information content (AvgIpc) is 2.63. The van der Waals surface area contributed by atoms with Crippen molar-refractivity contribution in [3.63, 3.8) is 0 Å². The van der Waals surface area contributed by atoms with Crippen LogP contribution >= 0.6 is 11.6 Å². The first-order valence-electron chi connectivity index (χ1n) is 5.66. The first-order chi connectivity index (χ1) is 7.66. The summed E-state index contributed by atoms with van der Waals surface area (Å²) in [6, 6.07) is 6.20. The molecule has 3 N–H and O–H groups in total. The number of hydrogen-bond donors (Lipinski definition) is 2. The Morgan fingerprint density at radius 2 is 2.38 bits per heavy atom. The van der Waals surface area contributed by atoms with Gasteiger partial charge in [0.2, 0.25) is 0 Å². The van der Waals surface area contributed by atoms with Crippen LogP contribution in [0.25, 0.3) is 0 Å². The highest BCUT2D eigenvalue weighted by molar-refractivity contribution is 6.33. The summed E-state index contributed by atoms with van der Waals surface area (Å²) in [5.74, 6) is 0. The van der Waals surface area contributed by atoms with Gasteiger partial charge in [0.25, 0.3) is 0 Å². The van der Waals surface area contributed by atoms with E-state index in [2.05, 4.69) is 17.3 Å². The lowest BCUT2D eigenvalue weighted by molar-refractivity contribution is 0.322. The minimum Gasteiger partial charge on any atom is -0.399 e. The van der Waals surface area contributed by atoms with Gasteiger partial charge in [0.1, 0.15) is 0 Å². The van der Waals surface area contributed by atoms with Gasteiger partial charge in [-0.15, -0.1) is 0 Å². The summed E-state index contributed by atoms with van der Waals surface area (Å²) in [7, 11) is 2.17. The summed E-state index contributed by atoms with van der Waals surface area (Å²) >= 11 is 6.10. The number of nitrogens with zero attached hydrogens (tertiary/aromatic N) is 1. The molecule has 0 amide bonds. The van der Waals surface area contributed by atoms with Crippen LogP contribution in [0.5, 0.6) is 0 Å². The van der Waals surface area contributed by atoms with Crippen molar-refractivity contribution >= 4 is 23.0 Å². The number of nitrogens with two attached hydrogens (primary N) is 1. The molecule has 0 spiro atoms. The predicted molar refractivity (Wildman–Crippen MR) is 70.0 cm³/mol. The van der Waals surface area contributed by atoms with E-state index in [0.29, 0.717) is 16.8 Å². The summed E-state index contributed by atoms with van der Waals surface area (Å²) in [6.07, 6.45) is 2.55. The van der Waals surface area contributed by atoms with Gasteiger partial charge in [-0.3, -0.25) is 0 Å². The summed E-state index contributed by atoms with van der Waals surface area (Å²) in [4.78, 5) is 2.39. The van der Waals surface area contributed by atoms with Gasteiger partial charge in [-0.1, -0.05) is 11.6 Å². The summed E-state index contributed by atoms with van der Waals surface area (Å²) in [5.41, 5.74) is 7.32. The second-order valence-corrected chi connectivity index (χ2v) is 4.80. The lowest BCUT2D eigenvalue weighted by Crippen LogP contribution is -2.31. The molecule has 1 atom stereocenters. The van der Waals surface area contributed by atoms with Crippen LogP contribution in [-0.2, 0) is 0 Å². The monoisotopic (exact) mass is 239 g/mol. The van der Waals surface area contributed by atoms with Crippen molar-refractivity contribution < 1.29 is 0 Å². The zero-order valence-corrected chi connectivity index (χ0v) is 10.3. The van der Waals surface area contributed by atoms with Crippen molar-refractivity contribution in [2.24, 2.45) is 0 Å². The molecule has 1 fully saturated rings. The Bertz CT molecular complexity index is 367. The van der Waals surface area contributed by atoms with Gasteiger partial charge in [-0.05, 0) is 44.6 Å². The summed E-state index contributed by atoms with van der Waals surface area (Å²) in [6.45, 7) is 2.14. The SMILES string of the molecule is CN1CCCC1CNc1ccc(N)cc1Cl. The van der Waals surface area contributed by atoms with Gasteiger partial charge >= 0.3 is 0 Å². The van der Waals surface area contributed by atoms with Gasteiger partial charge in [-0.25, -0.2) is 0 Å². The van der Waals surface area contributed by atoms with E-state index in [0.717, 1.165) is 12.2 Å². The molecule has 0 aromatic heterocycles. The van der Waals surface area contributed by atoms with Crippen LogP contribution in [0, 0.1) is 0 Å². The second-order valence-electron chi connectivity index (χ2n) is 4.40. The summed E-state index contributed by atoms with van der Waals surface area (Å²) in [5, 5.41) is 4.08. The number of likely N-dealkylation sites (tertiary alicyclic amines) is 1. The maximum atomic E-state index is 6.10. The van der Waals surface area contributed by atoms with Crippen molar-refractivity contribution in [3.05, 3.63) is 23.2 Å². The van der Waals surface area contributed by atoms with E-state index >= 15 is 0 Å². The third-order valence-corrected chi connectivity index (χ3v) is 3.51. The Morgan fingerprint density at radius 1 is 1.56 bits per heavy atom. The van der Waals surface area contributed by atoms with Crippen LogP contribution in [0.3, 0.4) is 0 Å². The number of anilines is 2. The molecule has 1 unspecified atom stereocenters. The molecule has 16 heavy (non-hydrogen) atoms. The maximum Gasteiger partial charge on any atom is 0.0657 e. The first-order valence-corrected chi connectivity index (χ1v) is 6.04. The molecule has 0 saturated carbocycles. The topological polar surface area (TPSA) is 41.3 Å². The number of benzene rings is 1. The minimum atomic E-state index is 0.619. The number of likely N-dealkylation sites (N-methyl/N-ethyl adjacent to an activating group) is 1. The number of nitrogen functional groups attached to an aromatic ring is 1. The molecular weight excluding hydrogens is 222 g/mol. The second kappa shape index (κ2) is 4.93. The lowest BCUT2D eigenvalue weighted by atomic mass is 10.2. The van der Waals surface area contributed by atoms with Gasteiger partial charge < -0.3 is 16.0 Å². The maximum absolute atomic E-state index is 6.10. The largest absolute Gasteiger partial charge is 0.399 e. The Balaban J connectivity index is 1.94. The Kier molecular flexibility index (Phi) is 3.56. The zero-order chi connectivity index (χ0) is 11.5. The molecule has 4 heteroatoms. The highest BCUT2D eigenvalue weighted by Crippen LogP contribution is 2.24. The fourth-order valence-corrected chi connectivity index (χ4v) is 2.40. The zero-order valence-electron chi connectivity index (χ0n) is 9.54. The van der Waals surface area contributed by atoms with E-state index in [1.165, 1.54) is 19.4 Å². The van der Waals surface area contributed by atoms with E-state index in [9.17, 15) is 0 Å². The third kappa shape index (κ3) is 2.60. The van der Waals surface area contributed by atoms with E-state index in [1.807, 2.05) is 12.1 Å². The normalized spacial score (nSPS) is 21.2. The molecule has 0 radical (unpaired) electrons. The molecular formula is C12H18ClN3. The number of hydrogen-bond acceptors (Lipinski definition) is 3. The number of halogens is 1. The van der Waals surface area contributed by atoms with E-state index < -0.39 is 0 Å². The van der Waals surface area contributed by atoms with Crippen molar-refractivity contribution in [1.82, 2.24) is 4.90 Å². The smallest absolute Gasteiger partial charge is 0.0657 e. The van der Waals surface area contributed by atoms with Crippen LogP contribution in [0.4, 0.5) is 11.4 Å². The molecule has 1 aromatic carbocycles. The van der Waals surface area contributed by atoms with Gasteiger partial charge in [-0.2, -0.15) is 0 Å². The van der Waals surface area contributed by atoms with E-state index in [-0.39, 0.29) is 0 Å². The molecule has 2 rings (SSSR count). The quantitative estimate of drug-likeness (QED) is 0.797. The van der Waals surface area contributed by atoms with Crippen LogP contribution in [0.2, 0.25) is 5.02 Å². The molecule has 1 aliphatic rings. The fraction of sp³-hybridized carbons (Fsp3) is 0.500. The van der Waals surface area contributed by atoms with E-state index in [1.54, 1.807) is 6.07 Å². The van der Waals surface area contributed by atoms with Crippen LogP contribution < -0.4 is 11.1 Å². The number of nitrogens with one attached hydrogen (secondary N) is 1.